The SMILES string of the molecule is Cc1nc(N2CCOCC2)[nH]c(=O)c1CCC(=O)NC1CCCCC1CN.Cl.Cl. The van der Waals surface area contributed by atoms with Crippen LogP contribution in [0.2, 0.25) is 0 Å². The van der Waals surface area contributed by atoms with E-state index in [2.05, 4.69) is 15.3 Å². The Bertz CT molecular complexity index is 710. The standard InChI is InChI=1S/C19H31N5O3.2ClH/c1-13-15(18(26)23-19(21-13)24-8-10-27-11-9-24)6-7-17(25)22-16-5-3-2-4-14(16)12-20;;/h14,16H,2-12,20H2,1H3,(H,22,25)(H,21,23,26);2*1H. The van der Waals surface area contributed by atoms with E-state index in [1.54, 1.807) is 0 Å². The molecule has 2 unspecified atom stereocenters. The second kappa shape index (κ2) is 12.4. The van der Waals surface area contributed by atoms with Gasteiger partial charge in [-0.1, -0.05) is 12.8 Å². The third-order valence-corrected chi connectivity index (χ3v) is 5.68. The number of nitrogens with two attached hydrogens (primary N) is 1. The van der Waals surface area contributed by atoms with Gasteiger partial charge in [0.15, 0.2) is 0 Å². The number of morpholine rings is 1. The highest BCUT2D eigenvalue weighted by Gasteiger charge is 2.25. The largest absolute Gasteiger partial charge is 0.378 e. The summed E-state index contributed by atoms with van der Waals surface area (Å²) in [6.07, 6.45) is 5.06. The van der Waals surface area contributed by atoms with Crippen LogP contribution in [0.1, 0.15) is 43.4 Å². The van der Waals surface area contributed by atoms with Crippen LogP contribution in [0, 0.1) is 12.8 Å². The summed E-state index contributed by atoms with van der Waals surface area (Å²) >= 11 is 0. The topological polar surface area (TPSA) is 113 Å². The fourth-order valence-corrected chi connectivity index (χ4v) is 4.01. The van der Waals surface area contributed by atoms with Crippen LogP contribution in [0.15, 0.2) is 4.79 Å². The Morgan fingerprint density at radius 2 is 1.97 bits per heavy atom. The molecule has 10 heteroatoms. The van der Waals surface area contributed by atoms with Crippen molar-refractivity contribution in [3.8, 4) is 0 Å². The molecule has 2 fully saturated rings. The van der Waals surface area contributed by atoms with Gasteiger partial charge in [0, 0.05) is 36.8 Å². The molecule has 3 rings (SSSR count). The first-order valence-electron chi connectivity index (χ1n) is 10.0. The minimum Gasteiger partial charge on any atom is -0.378 e. The monoisotopic (exact) mass is 449 g/mol. The van der Waals surface area contributed by atoms with Gasteiger partial charge in [-0.3, -0.25) is 14.6 Å². The number of aryl methyl sites for hydroxylation is 1. The predicted molar refractivity (Wildman–Crippen MR) is 118 cm³/mol. The average molecular weight is 450 g/mol. The number of halogens is 2. The summed E-state index contributed by atoms with van der Waals surface area (Å²) in [5, 5.41) is 3.12. The molecular weight excluding hydrogens is 417 g/mol. The molecule has 0 radical (unpaired) electrons. The minimum atomic E-state index is -0.158. The number of rotatable bonds is 6. The maximum absolute atomic E-state index is 12.5. The number of aromatic amines is 1. The van der Waals surface area contributed by atoms with Crippen molar-refractivity contribution in [1.82, 2.24) is 15.3 Å². The van der Waals surface area contributed by atoms with Gasteiger partial charge >= 0.3 is 0 Å². The van der Waals surface area contributed by atoms with Crippen LogP contribution in [0.5, 0.6) is 0 Å². The second-order valence-corrected chi connectivity index (χ2v) is 7.51. The third kappa shape index (κ3) is 6.84. The molecule has 4 N–H and O–H groups in total. The van der Waals surface area contributed by atoms with Crippen molar-refractivity contribution < 1.29 is 9.53 Å². The van der Waals surface area contributed by atoms with Crippen LogP contribution in [0.4, 0.5) is 5.95 Å². The zero-order chi connectivity index (χ0) is 19.2. The molecule has 29 heavy (non-hydrogen) atoms. The van der Waals surface area contributed by atoms with Gasteiger partial charge in [0.1, 0.15) is 0 Å². The first kappa shape index (κ1) is 25.7. The lowest BCUT2D eigenvalue weighted by atomic mass is 9.84. The molecule has 2 aliphatic rings. The Morgan fingerprint density at radius 1 is 1.28 bits per heavy atom. The van der Waals surface area contributed by atoms with E-state index in [1.807, 2.05) is 11.8 Å². The molecule has 2 heterocycles. The molecular formula is C19H33Cl2N5O3. The van der Waals surface area contributed by atoms with E-state index in [4.69, 9.17) is 10.5 Å². The summed E-state index contributed by atoms with van der Waals surface area (Å²) in [5.74, 6) is 0.931. The molecule has 1 amide bonds. The van der Waals surface area contributed by atoms with Gasteiger partial charge in [-0.15, -0.1) is 24.8 Å². The smallest absolute Gasteiger partial charge is 0.255 e. The molecule has 1 aliphatic heterocycles. The Hall–Kier alpha value is -1.35. The lowest BCUT2D eigenvalue weighted by Crippen LogP contribution is -2.44. The fourth-order valence-electron chi connectivity index (χ4n) is 4.01. The molecule has 1 aromatic rings. The zero-order valence-corrected chi connectivity index (χ0v) is 18.6. The number of nitrogens with zero attached hydrogens (tertiary/aromatic N) is 2. The number of hydrogen-bond donors (Lipinski definition) is 3. The molecule has 2 atom stereocenters. The highest BCUT2D eigenvalue weighted by molar-refractivity contribution is 5.85. The van der Waals surface area contributed by atoms with Gasteiger partial charge in [0.2, 0.25) is 11.9 Å². The average Bonchev–Trinajstić information content (AvgIpc) is 2.68. The summed E-state index contributed by atoms with van der Waals surface area (Å²) in [5.41, 5.74) is 6.94. The van der Waals surface area contributed by atoms with Crippen LogP contribution in [-0.4, -0.2) is 54.8 Å². The van der Waals surface area contributed by atoms with Crippen molar-refractivity contribution in [3.05, 3.63) is 21.6 Å². The van der Waals surface area contributed by atoms with E-state index in [0.717, 1.165) is 19.3 Å². The first-order valence-corrected chi connectivity index (χ1v) is 10.0. The van der Waals surface area contributed by atoms with E-state index in [9.17, 15) is 9.59 Å². The number of aromatic nitrogens is 2. The molecule has 1 saturated carbocycles. The van der Waals surface area contributed by atoms with Gasteiger partial charge in [0.05, 0.1) is 13.2 Å². The molecule has 1 saturated heterocycles. The van der Waals surface area contributed by atoms with E-state index in [1.165, 1.54) is 6.42 Å². The lowest BCUT2D eigenvalue weighted by molar-refractivity contribution is -0.122. The highest BCUT2D eigenvalue weighted by atomic mass is 35.5. The van der Waals surface area contributed by atoms with Gasteiger partial charge in [0.25, 0.3) is 5.56 Å². The summed E-state index contributed by atoms with van der Waals surface area (Å²) < 4.78 is 5.33. The molecule has 0 aromatic carbocycles. The fraction of sp³-hybridized carbons (Fsp3) is 0.737. The van der Waals surface area contributed by atoms with Crippen molar-refractivity contribution in [3.63, 3.8) is 0 Å². The normalized spacial score (nSPS) is 21.7. The number of H-pyrrole nitrogens is 1. The lowest BCUT2D eigenvalue weighted by Gasteiger charge is -2.31. The zero-order valence-electron chi connectivity index (χ0n) is 16.9. The van der Waals surface area contributed by atoms with Crippen LogP contribution in [-0.2, 0) is 16.0 Å². The van der Waals surface area contributed by atoms with Gasteiger partial charge in [-0.2, -0.15) is 0 Å². The van der Waals surface area contributed by atoms with Crippen LogP contribution in [0.3, 0.4) is 0 Å². The third-order valence-electron chi connectivity index (χ3n) is 5.68. The maximum atomic E-state index is 12.5. The van der Waals surface area contributed by atoms with Gasteiger partial charge in [-0.05, 0) is 38.6 Å². The number of nitrogens with one attached hydrogen (secondary N) is 2. The number of carbonyl (C=O) groups excluding carboxylic acids is 1. The highest BCUT2D eigenvalue weighted by Crippen LogP contribution is 2.23. The van der Waals surface area contributed by atoms with E-state index >= 15 is 0 Å². The Morgan fingerprint density at radius 3 is 2.62 bits per heavy atom. The number of anilines is 1. The van der Waals surface area contributed by atoms with Crippen molar-refractivity contribution in [2.45, 2.75) is 51.5 Å². The number of ether oxygens (including phenoxy) is 1. The van der Waals surface area contributed by atoms with Gasteiger partial charge < -0.3 is 20.7 Å². The van der Waals surface area contributed by atoms with Crippen molar-refractivity contribution in [2.75, 3.05) is 37.7 Å². The quantitative estimate of drug-likeness (QED) is 0.603. The van der Waals surface area contributed by atoms with E-state index in [0.29, 0.717) is 62.4 Å². The van der Waals surface area contributed by atoms with Crippen molar-refractivity contribution in [1.29, 1.82) is 0 Å². The molecule has 0 spiro atoms. The molecule has 0 bridgehead atoms. The molecule has 1 aliphatic carbocycles. The molecule has 8 nitrogen and oxygen atoms in total. The number of hydrogen-bond acceptors (Lipinski definition) is 6. The molecule has 166 valence electrons. The Labute approximate surface area is 184 Å². The summed E-state index contributed by atoms with van der Waals surface area (Å²) in [6.45, 7) is 5.14. The maximum Gasteiger partial charge on any atom is 0.255 e. The van der Waals surface area contributed by atoms with Crippen LogP contribution < -0.4 is 21.5 Å². The minimum absolute atomic E-state index is 0. The van der Waals surface area contributed by atoms with Crippen molar-refractivity contribution in [2.24, 2.45) is 11.7 Å². The number of amides is 1. The van der Waals surface area contributed by atoms with Gasteiger partial charge in [-0.25, -0.2) is 4.98 Å². The van der Waals surface area contributed by atoms with E-state index in [-0.39, 0.29) is 48.7 Å². The van der Waals surface area contributed by atoms with Crippen molar-refractivity contribution >= 4 is 36.7 Å². The van der Waals surface area contributed by atoms with Crippen LogP contribution in [0.25, 0.3) is 0 Å². The Balaban J connectivity index is 0.00000210. The summed E-state index contributed by atoms with van der Waals surface area (Å²) in [7, 11) is 0. The predicted octanol–water partition coefficient (Wildman–Crippen LogP) is 1.32. The number of carbonyl (C=O) groups is 1. The first-order chi connectivity index (χ1) is 13.1. The van der Waals surface area contributed by atoms with Crippen LogP contribution >= 0.6 is 24.8 Å². The summed E-state index contributed by atoms with van der Waals surface area (Å²) in [4.78, 5) is 34.3. The summed E-state index contributed by atoms with van der Waals surface area (Å²) in [6, 6.07) is 0.164. The van der Waals surface area contributed by atoms with E-state index < -0.39 is 0 Å². The Kier molecular flexibility index (Phi) is 11.0. The second-order valence-electron chi connectivity index (χ2n) is 7.51. The molecule has 1 aromatic heterocycles.